The smallest absolute Gasteiger partial charge is 0.259 e. The number of benzene rings is 1. The van der Waals surface area contributed by atoms with Crippen LogP contribution in [0, 0.1) is 6.92 Å². The molecule has 0 bridgehead atoms. The third kappa shape index (κ3) is 3.30. The number of aliphatic hydroxyl groups excluding tert-OH is 1. The van der Waals surface area contributed by atoms with Gasteiger partial charge in [0.1, 0.15) is 5.75 Å². The first-order valence-electron chi connectivity index (χ1n) is 5.65. The van der Waals surface area contributed by atoms with E-state index in [4.69, 9.17) is 4.74 Å². The Morgan fingerprint density at radius 3 is 2.95 bits per heavy atom. The highest BCUT2D eigenvalue weighted by molar-refractivity contribution is 7.15. The van der Waals surface area contributed by atoms with Crippen molar-refractivity contribution in [3.63, 3.8) is 0 Å². The molecule has 0 saturated carbocycles. The summed E-state index contributed by atoms with van der Waals surface area (Å²) in [6, 6.07) is 6.76. The first-order chi connectivity index (χ1) is 9.10. The number of thiazole rings is 1. The third-order valence-electron chi connectivity index (χ3n) is 2.51. The number of carbonyl (C=O) groups is 1. The van der Waals surface area contributed by atoms with Crippen molar-refractivity contribution in [3.8, 4) is 5.75 Å². The Kier molecular flexibility index (Phi) is 4.13. The lowest BCUT2D eigenvalue weighted by molar-refractivity contribution is -0.124. The van der Waals surface area contributed by atoms with Gasteiger partial charge in [-0.1, -0.05) is 12.1 Å². The molecule has 19 heavy (non-hydrogen) atoms. The van der Waals surface area contributed by atoms with E-state index in [-0.39, 0.29) is 0 Å². The van der Waals surface area contributed by atoms with Gasteiger partial charge in [-0.25, -0.2) is 4.98 Å². The molecule has 0 saturated heterocycles. The molecule has 2 aromatic rings. The van der Waals surface area contributed by atoms with E-state index in [0.29, 0.717) is 16.4 Å². The molecule has 0 aliphatic rings. The zero-order valence-electron chi connectivity index (χ0n) is 10.6. The van der Waals surface area contributed by atoms with Gasteiger partial charge in [-0.05, 0) is 24.6 Å². The quantitative estimate of drug-likeness (QED) is 0.898. The fourth-order valence-electron chi connectivity index (χ4n) is 1.55. The van der Waals surface area contributed by atoms with Crippen LogP contribution in [0.5, 0.6) is 5.75 Å². The molecule has 5 nitrogen and oxygen atoms in total. The molecule has 6 heteroatoms. The fraction of sp³-hybridized carbons (Fsp3) is 0.231. The Hall–Kier alpha value is -1.92. The molecule has 0 fully saturated rings. The van der Waals surface area contributed by atoms with Gasteiger partial charge in [-0.3, -0.25) is 10.1 Å². The normalized spacial score (nSPS) is 11.9. The number of hydrogen-bond donors (Lipinski definition) is 2. The van der Waals surface area contributed by atoms with E-state index in [1.54, 1.807) is 30.5 Å². The summed E-state index contributed by atoms with van der Waals surface area (Å²) in [5, 5.41) is 13.0. The third-order valence-corrected chi connectivity index (χ3v) is 3.34. The average molecular weight is 278 g/mol. The van der Waals surface area contributed by atoms with E-state index < -0.39 is 12.0 Å². The summed E-state index contributed by atoms with van der Waals surface area (Å²) in [6.45, 7) is 1.89. The van der Waals surface area contributed by atoms with E-state index in [9.17, 15) is 9.90 Å². The van der Waals surface area contributed by atoms with Crippen LogP contribution in [-0.2, 0) is 4.79 Å². The molecule has 0 spiro atoms. The van der Waals surface area contributed by atoms with Crippen LogP contribution in [0.3, 0.4) is 0 Å². The largest absolute Gasteiger partial charge is 0.497 e. The number of aromatic nitrogens is 1. The molecule has 1 heterocycles. The van der Waals surface area contributed by atoms with Crippen LogP contribution in [0.4, 0.5) is 5.13 Å². The number of amides is 1. The zero-order valence-corrected chi connectivity index (χ0v) is 11.4. The van der Waals surface area contributed by atoms with Gasteiger partial charge in [0, 0.05) is 11.1 Å². The molecule has 1 atom stereocenters. The van der Waals surface area contributed by atoms with Crippen molar-refractivity contribution in [2.75, 3.05) is 12.4 Å². The summed E-state index contributed by atoms with van der Waals surface area (Å²) in [7, 11) is 1.53. The van der Waals surface area contributed by atoms with Gasteiger partial charge in [0.25, 0.3) is 5.91 Å². The predicted molar refractivity (Wildman–Crippen MR) is 73.4 cm³/mol. The van der Waals surface area contributed by atoms with E-state index in [1.807, 2.05) is 6.92 Å². The number of hydrogen-bond acceptors (Lipinski definition) is 5. The van der Waals surface area contributed by atoms with Gasteiger partial charge in [0.05, 0.1) is 7.11 Å². The number of aliphatic hydroxyl groups is 1. The summed E-state index contributed by atoms with van der Waals surface area (Å²) in [6.07, 6.45) is 0.414. The number of aryl methyl sites for hydroxylation is 1. The van der Waals surface area contributed by atoms with Crippen LogP contribution in [0.15, 0.2) is 30.5 Å². The van der Waals surface area contributed by atoms with Crippen LogP contribution >= 0.6 is 11.3 Å². The minimum absolute atomic E-state index is 0.476. The van der Waals surface area contributed by atoms with Crippen LogP contribution in [0.25, 0.3) is 0 Å². The maximum atomic E-state index is 11.9. The monoisotopic (exact) mass is 278 g/mol. The van der Waals surface area contributed by atoms with E-state index in [0.717, 1.165) is 4.88 Å². The van der Waals surface area contributed by atoms with Gasteiger partial charge in [0.15, 0.2) is 11.2 Å². The molecule has 2 N–H and O–H groups in total. The van der Waals surface area contributed by atoms with Gasteiger partial charge in [-0.15, -0.1) is 11.3 Å². The summed E-state index contributed by atoms with van der Waals surface area (Å²) in [5.74, 6) is 0.0806. The number of rotatable bonds is 4. The second kappa shape index (κ2) is 5.81. The van der Waals surface area contributed by atoms with Gasteiger partial charge < -0.3 is 9.84 Å². The fourth-order valence-corrected chi connectivity index (χ4v) is 2.22. The highest BCUT2D eigenvalue weighted by Crippen LogP contribution is 2.22. The Balaban J connectivity index is 2.09. The first kappa shape index (κ1) is 13.5. The average Bonchev–Trinajstić information content (AvgIpc) is 2.83. The van der Waals surface area contributed by atoms with E-state index in [2.05, 4.69) is 10.3 Å². The first-order valence-corrected chi connectivity index (χ1v) is 6.47. The molecular weight excluding hydrogens is 264 g/mol. The molecule has 0 aliphatic heterocycles. The molecule has 1 aromatic heterocycles. The second-order valence-corrected chi connectivity index (χ2v) is 5.18. The molecular formula is C13H14N2O3S. The molecule has 2 rings (SSSR count). The highest BCUT2D eigenvalue weighted by atomic mass is 32.1. The summed E-state index contributed by atoms with van der Waals surface area (Å²) in [5.41, 5.74) is 0.477. The minimum Gasteiger partial charge on any atom is -0.497 e. The Bertz CT molecular complexity index is 583. The Labute approximate surface area is 114 Å². The standard InChI is InChI=1S/C13H14N2O3S/c1-8-7-14-13(19-8)15-12(17)11(16)9-4-3-5-10(6-9)18-2/h3-7,11,16H,1-2H3,(H,14,15,17). The SMILES string of the molecule is COc1cccc(C(O)C(=O)Nc2ncc(C)s2)c1. The number of nitrogens with zero attached hydrogens (tertiary/aromatic N) is 1. The maximum Gasteiger partial charge on any atom is 0.259 e. The van der Waals surface area contributed by atoms with Gasteiger partial charge in [-0.2, -0.15) is 0 Å². The van der Waals surface area contributed by atoms with Crippen LogP contribution in [0.2, 0.25) is 0 Å². The van der Waals surface area contributed by atoms with Gasteiger partial charge >= 0.3 is 0 Å². The molecule has 1 aromatic carbocycles. The summed E-state index contributed by atoms with van der Waals surface area (Å²) < 4.78 is 5.05. The van der Waals surface area contributed by atoms with Crippen molar-refractivity contribution in [1.82, 2.24) is 4.98 Å². The summed E-state index contributed by atoms with van der Waals surface area (Å²) >= 11 is 1.36. The van der Waals surface area contributed by atoms with Gasteiger partial charge in [0.2, 0.25) is 0 Å². The van der Waals surface area contributed by atoms with Crippen LogP contribution in [0.1, 0.15) is 16.5 Å². The molecule has 0 aliphatic carbocycles. The van der Waals surface area contributed by atoms with Crippen molar-refractivity contribution < 1.29 is 14.6 Å². The number of methoxy groups -OCH3 is 1. The topological polar surface area (TPSA) is 71.5 Å². The number of nitrogens with one attached hydrogen (secondary N) is 1. The molecule has 0 radical (unpaired) electrons. The summed E-state index contributed by atoms with van der Waals surface area (Å²) in [4.78, 5) is 16.9. The second-order valence-electron chi connectivity index (χ2n) is 3.94. The lowest BCUT2D eigenvalue weighted by atomic mass is 10.1. The number of ether oxygens (including phenoxy) is 1. The maximum absolute atomic E-state index is 11.9. The Morgan fingerprint density at radius 1 is 1.53 bits per heavy atom. The minimum atomic E-state index is -1.25. The lowest BCUT2D eigenvalue weighted by Crippen LogP contribution is -2.20. The van der Waals surface area contributed by atoms with Crippen molar-refractivity contribution in [2.45, 2.75) is 13.0 Å². The highest BCUT2D eigenvalue weighted by Gasteiger charge is 2.18. The van der Waals surface area contributed by atoms with Crippen molar-refractivity contribution >= 4 is 22.4 Å². The Morgan fingerprint density at radius 2 is 2.32 bits per heavy atom. The molecule has 100 valence electrons. The van der Waals surface area contributed by atoms with Crippen LogP contribution in [-0.4, -0.2) is 23.1 Å². The molecule has 1 amide bonds. The van der Waals surface area contributed by atoms with Crippen molar-refractivity contribution in [2.24, 2.45) is 0 Å². The van der Waals surface area contributed by atoms with Crippen molar-refractivity contribution in [1.29, 1.82) is 0 Å². The number of anilines is 1. The zero-order chi connectivity index (χ0) is 13.8. The van der Waals surface area contributed by atoms with Crippen molar-refractivity contribution in [3.05, 3.63) is 40.9 Å². The van der Waals surface area contributed by atoms with E-state index in [1.165, 1.54) is 18.4 Å². The predicted octanol–water partition coefficient (Wildman–Crippen LogP) is 2.13. The van der Waals surface area contributed by atoms with Crippen LogP contribution < -0.4 is 10.1 Å². The number of carbonyl (C=O) groups excluding carboxylic acids is 1. The molecule has 1 unspecified atom stereocenters. The lowest BCUT2D eigenvalue weighted by Gasteiger charge is -2.11. The van der Waals surface area contributed by atoms with E-state index >= 15 is 0 Å².